The Kier molecular flexibility index (Phi) is 2.84. The van der Waals surface area contributed by atoms with Gasteiger partial charge in [0.15, 0.2) is 0 Å². The van der Waals surface area contributed by atoms with Gasteiger partial charge >= 0.3 is 5.63 Å². The van der Waals surface area contributed by atoms with Gasteiger partial charge in [0.05, 0.1) is 0 Å². The summed E-state index contributed by atoms with van der Waals surface area (Å²) in [5.41, 5.74) is 1.41. The van der Waals surface area contributed by atoms with Gasteiger partial charge in [-0.3, -0.25) is 0 Å². The molecule has 0 amide bonds. The highest BCUT2D eigenvalue weighted by molar-refractivity contribution is 5.65. The number of fused-ring (bicyclic) bond motifs is 1. The summed E-state index contributed by atoms with van der Waals surface area (Å²) in [6, 6.07) is 1.89. The molecule has 0 aliphatic heterocycles. The second kappa shape index (κ2) is 3.98. The molecule has 2 heteroatoms. The number of rotatable bonds is 0. The van der Waals surface area contributed by atoms with E-state index < -0.39 is 0 Å². The minimum Gasteiger partial charge on any atom is -0.423 e. The predicted molar refractivity (Wildman–Crippen MR) is 75.3 cm³/mol. The average molecular weight is 244 g/mol. The standard InChI is InChI=1S/C16H20O2/c1-11-10-12-6-8-16(5,15(2,3)4)9-7-13(12)18-14(11)17/h6-10H,1-5H3. The molecular formula is C16H20O2. The molecule has 0 saturated carbocycles. The van der Waals surface area contributed by atoms with Crippen molar-refractivity contribution in [2.45, 2.75) is 34.6 Å². The molecule has 1 atom stereocenters. The minimum absolute atomic E-state index is 0.0571. The maximum absolute atomic E-state index is 11.5. The molecule has 1 heterocycles. The summed E-state index contributed by atoms with van der Waals surface area (Å²) in [5, 5.41) is 0. The molecule has 2 nitrogen and oxygen atoms in total. The SMILES string of the molecule is Cc1cc2c(oc1=O)C=CC(C)(C(C)(C)C)C=C2. The van der Waals surface area contributed by atoms with Gasteiger partial charge in [0.1, 0.15) is 5.76 Å². The first kappa shape index (κ1) is 12.9. The van der Waals surface area contributed by atoms with E-state index in [0.717, 1.165) is 5.56 Å². The Morgan fingerprint density at radius 3 is 2.39 bits per heavy atom. The quantitative estimate of drug-likeness (QED) is 0.689. The number of hydrogen-bond donors (Lipinski definition) is 0. The van der Waals surface area contributed by atoms with Crippen molar-refractivity contribution in [2.24, 2.45) is 10.8 Å². The molecule has 1 aliphatic rings. The Morgan fingerprint density at radius 2 is 1.78 bits per heavy atom. The third kappa shape index (κ3) is 2.07. The van der Waals surface area contributed by atoms with Gasteiger partial charge in [-0.05, 0) is 24.5 Å². The van der Waals surface area contributed by atoms with Gasteiger partial charge < -0.3 is 4.42 Å². The van der Waals surface area contributed by atoms with Crippen LogP contribution < -0.4 is 5.63 Å². The normalized spacial score (nSPS) is 22.7. The maximum Gasteiger partial charge on any atom is 0.339 e. The number of allylic oxidation sites excluding steroid dienone is 2. The molecule has 96 valence electrons. The fourth-order valence-corrected chi connectivity index (χ4v) is 1.93. The summed E-state index contributed by atoms with van der Waals surface area (Å²) in [5.74, 6) is 0.648. The predicted octanol–water partition coefficient (Wildman–Crippen LogP) is 4.04. The molecule has 0 bridgehead atoms. The molecule has 1 aliphatic carbocycles. The molecule has 0 radical (unpaired) electrons. The zero-order chi connectivity index (χ0) is 13.6. The first-order valence-corrected chi connectivity index (χ1v) is 6.26. The van der Waals surface area contributed by atoms with Crippen molar-refractivity contribution in [3.8, 4) is 0 Å². The van der Waals surface area contributed by atoms with Crippen molar-refractivity contribution in [3.63, 3.8) is 0 Å². The first-order valence-electron chi connectivity index (χ1n) is 6.26. The van der Waals surface area contributed by atoms with Gasteiger partial charge in [0.2, 0.25) is 0 Å². The summed E-state index contributed by atoms with van der Waals surface area (Å²) in [6.07, 6.45) is 8.28. The van der Waals surface area contributed by atoms with E-state index in [9.17, 15) is 4.79 Å². The fourth-order valence-electron chi connectivity index (χ4n) is 1.93. The van der Waals surface area contributed by atoms with Crippen molar-refractivity contribution in [3.05, 3.63) is 45.5 Å². The van der Waals surface area contributed by atoms with Gasteiger partial charge in [-0.1, -0.05) is 45.9 Å². The fraction of sp³-hybridized carbons (Fsp3) is 0.438. The summed E-state index contributed by atoms with van der Waals surface area (Å²) in [4.78, 5) is 11.5. The third-order valence-electron chi connectivity index (χ3n) is 3.99. The molecule has 0 fully saturated rings. The van der Waals surface area contributed by atoms with Crippen LogP contribution in [0.3, 0.4) is 0 Å². The molecule has 0 saturated heterocycles. The molecule has 1 unspecified atom stereocenters. The second-order valence-corrected chi connectivity index (χ2v) is 6.24. The number of aryl methyl sites for hydroxylation is 1. The van der Waals surface area contributed by atoms with E-state index in [0.29, 0.717) is 11.3 Å². The Bertz CT molecular complexity index is 582. The van der Waals surface area contributed by atoms with E-state index in [1.54, 1.807) is 6.92 Å². The summed E-state index contributed by atoms with van der Waals surface area (Å²) < 4.78 is 5.32. The van der Waals surface area contributed by atoms with Crippen LogP contribution in [0.25, 0.3) is 12.2 Å². The molecule has 2 rings (SSSR count). The van der Waals surface area contributed by atoms with Crippen LogP contribution in [0, 0.1) is 17.8 Å². The maximum atomic E-state index is 11.5. The van der Waals surface area contributed by atoms with Crippen molar-refractivity contribution in [1.29, 1.82) is 0 Å². The van der Waals surface area contributed by atoms with Crippen LogP contribution in [0.5, 0.6) is 0 Å². The molecular weight excluding hydrogens is 224 g/mol. The average Bonchev–Trinajstić information content (AvgIpc) is 2.41. The first-order chi connectivity index (χ1) is 8.23. The van der Waals surface area contributed by atoms with Crippen LogP contribution in [-0.4, -0.2) is 0 Å². The van der Waals surface area contributed by atoms with E-state index in [4.69, 9.17) is 4.42 Å². The molecule has 0 aromatic carbocycles. The van der Waals surface area contributed by atoms with Gasteiger partial charge in [0.25, 0.3) is 0 Å². The molecule has 0 spiro atoms. The Hall–Kier alpha value is -1.57. The van der Waals surface area contributed by atoms with Gasteiger partial charge in [0, 0.05) is 16.5 Å². The number of hydrogen-bond acceptors (Lipinski definition) is 2. The van der Waals surface area contributed by atoms with Crippen molar-refractivity contribution >= 4 is 12.2 Å². The van der Waals surface area contributed by atoms with Crippen LogP contribution >= 0.6 is 0 Å². The lowest BCUT2D eigenvalue weighted by Crippen LogP contribution is -2.28. The lowest BCUT2D eigenvalue weighted by atomic mass is 9.68. The summed E-state index contributed by atoms with van der Waals surface area (Å²) >= 11 is 0. The van der Waals surface area contributed by atoms with Crippen molar-refractivity contribution in [1.82, 2.24) is 0 Å². The smallest absolute Gasteiger partial charge is 0.339 e. The van der Waals surface area contributed by atoms with E-state index in [1.807, 2.05) is 12.1 Å². The van der Waals surface area contributed by atoms with Crippen LogP contribution in [0.1, 0.15) is 44.6 Å². The van der Waals surface area contributed by atoms with E-state index >= 15 is 0 Å². The summed E-state index contributed by atoms with van der Waals surface area (Å²) in [7, 11) is 0. The van der Waals surface area contributed by atoms with Crippen molar-refractivity contribution in [2.75, 3.05) is 0 Å². The highest BCUT2D eigenvalue weighted by Gasteiger charge is 2.33. The molecule has 1 aromatic heterocycles. The van der Waals surface area contributed by atoms with Crippen LogP contribution in [-0.2, 0) is 0 Å². The van der Waals surface area contributed by atoms with Gasteiger partial charge in [-0.15, -0.1) is 0 Å². The largest absolute Gasteiger partial charge is 0.423 e. The highest BCUT2D eigenvalue weighted by atomic mass is 16.4. The van der Waals surface area contributed by atoms with Gasteiger partial charge in [-0.25, -0.2) is 4.79 Å². The zero-order valence-electron chi connectivity index (χ0n) is 11.7. The van der Waals surface area contributed by atoms with E-state index in [1.165, 1.54) is 0 Å². The Morgan fingerprint density at radius 1 is 1.17 bits per heavy atom. The lowest BCUT2D eigenvalue weighted by molar-refractivity contribution is 0.230. The van der Waals surface area contributed by atoms with Crippen LogP contribution in [0.4, 0.5) is 0 Å². The van der Waals surface area contributed by atoms with Crippen molar-refractivity contribution < 1.29 is 4.42 Å². The zero-order valence-corrected chi connectivity index (χ0v) is 11.7. The van der Waals surface area contributed by atoms with Crippen LogP contribution in [0.15, 0.2) is 27.4 Å². The molecule has 18 heavy (non-hydrogen) atoms. The topological polar surface area (TPSA) is 30.2 Å². The summed E-state index contributed by atoms with van der Waals surface area (Å²) in [6.45, 7) is 10.6. The van der Waals surface area contributed by atoms with E-state index in [-0.39, 0.29) is 16.5 Å². The van der Waals surface area contributed by atoms with Gasteiger partial charge in [-0.2, -0.15) is 0 Å². The molecule has 0 N–H and O–H groups in total. The second-order valence-electron chi connectivity index (χ2n) is 6.24. The Balaban J connectivity index is 2.58. The highest BCUT2D eigenvalue weighted by Crippen LogP contribution is 2.43. The third-order valence-corrected chi connectivity index (χ3v) is 3.99. The van der Waals surface area contributed by atoms with E-state index in [2.05, 4.69) is 45.9 Å². The molecule has 1 aromatic rings. The lowest BCUT2D eigenvalue weighted by Gasteiger charge is -2.36. The monoisotopic (exact) mass is 244 g/mol. The minimum atomic E-state index is -0.258. The Labute approximate surface area is 108 Å². The van der Waals surface area contributed by atoms with Crippen LogP contribution in [0.2, 0.25) is 0 Å².